The molecule has 1 aromatic heterocycles. The standard InChI is InChI=1S/C16H21N5O3.ClH/c1-16(2,10-17)11-19(3)15(22)12-8-9-20(18-12)13-6-4-5-7-14(13)21(23)24;/h4-9H,10-11,17H2,1-3H3;1H. The molecule has 136 valence electrons. The van der Waals surface area contributed by atoms with E-state index in [1.54, 1.807) is 36.2 Å². The van der Waals surface area contributed by atoms with Gasteiger partial charge in [-0.1, -0.05) is 26.0 Å². The maximum absolute atomic E-state index is 12.5. The molecule has 0 unspecified atom stereocenters. The molecule has 0 spiro atoms. The van der Waals surface area contributed by atoms with Crippen LogP contribution in [0.5, 0.6) is 0 Å². The number of para-hydroxylation sites is 2. The molecule has 0 bridgehead atoms. The summed E-state index contributed by atoms with van der Waals surface area (Å²) in [7, 11) is 1.68. The highest BCUT2D eigenvalue weighted by molar-refractivity contribution is 5.92. The van der Waals surface area contributed by atoms with Crippen LogP contribution in [0.15, 0.2) is 36.5 Å². The zero-order chi connectivity index (χ0) is 17.9. The Morgan fingerprint density at radius 1 is 1.36 bits per heavy atom. The van der Waals surface area contributed by atoms with Gasteiger partial charge >= 0.3 is 0 Å². The first-order valence-electron chi connectivity index (χ1n) is 7.50. The summed E-state index contributed by atoms with van der Waals surface area (Å²) in [5.41, 5.74) is 5.96. The number of amides is 1. The third-order valence-corrected chi connectivity index (χ3v) is 3.70. The van der Waals surface area contributed by atoms with Gasteiger partial charge in [0.05, 0.1) is 4.92 Å². The van der Waals surface area contributed by atoms with Gasteiger partial charge in [0.2, 0.25) is 0 Å². The molecule has 1 aromatic carbocycles. The summed E-state index contributed by atoms with van der Waals surface area (Å²) in [4.78, 5) is 24.7. The molecule has 1 amide bonds. The van der Waals surface area contributed by atoms with E-state index in [9.17, 15) is 14.9 Å². The summed E-state index contributed by atoms with van der Waals surface area (Å²) in [6.07, 6.45) is 1.54. The first kappa shape index (κ1) is 20.6. The van der Waals surface area contributed by atoms with Gasteiger partial charge in [-0.05, 0) is 24.1 Å². The van der Waals surface area contributed by atoms with Gasteiger partial charge in [0.15, 0.2) is 5.69 Å². The molecule has 0 aliphatic carbocycles. The van der Waals surface area contributed by atoms with Crippen LogP contribution in [-0.2, 0) is 0 Å². The average Bonchev–Trinajstić information content (AvgIpc) is 3.03. The van der Waals surface area contributed by atoms with Crippen molar-refractivity contribution in [3.63, 3.8) is 0 Å². The molecule has 0 saturated heterocycles. The number of hydrogen-bond donors (Lipinski definition) is 1. The van der Waals surface area contributed by atoms with Crippen molar-refractivity contribution in [3.05, 3.63) is 52.3 Å². The summed E-state index contributed by atoms with van der Waals surface area (Å²) >= 11 is 0. The van der Waals surface area contributed by atoms with Crippen LogP contribution in [0.25, 0.3) is 5.69 Å². The maximum Gasteiger partial charge on any atom is 0.294 e. The van der Waals surface area contributed by atoms with Crippen molar-refractivity contribution in [1.29, 1.82) is 0 Å². The van der Waals surface area contributed by atoms with E-state index in [0.29, 0.717) is 18.8 Å². The first-order valence-corrected chi connectivity index (χ1v) is 7.50. The molecule has 2 aromatic rings. The van der Waals surface area contributed by atoms with E-state index in [0.717, 1.165) is 0 Å². The molecular weight excluding hydrogens is 346 g/mol. The van der Waals surface area contributed by atoms with Crippen molar-refractivity contribution >= 4 is 24.0 Å². The molecule has 0 aliphatic heterocycles. The third-order valence-electron chi connectivity index (χ3n) is 3.70. The number of carbonyl (C=O) groups is 1. The van der Waals surface area contributed by atoms with Crippen molar-refractivity contribution in [1.82, 2.24) is 14.7 Å². The Morgan fingerprint density at radius 2 is 2.00 bits per heavy atom. The molecule has 8 nitrogen and oxygen atoms in total. The van der Waals surface area contributed by atoms with Gasteiger partial charge in [0.1, 0.15) is 5.69 Å². The van der Waals surface area contributed by atoms with E-state index >= 15 is 0 Å². The summed E-state index contributed by atoms with van der Waals surface area (Å²) in [5, 5.41) is 15.3. The molecule has 0 saturated carbocycles. The molecular formula is C16H22ClN5O3. The van der Waals surface area contributed by atoms with E-state index in [2.05, 4.69) is 5.10 Å². The van der Waals surface area contributed by atoms with Gasteiger partial charge in [-0.25, -0.2) is 4.68 Å². The van der Waals surface area contributed by atoms with Crippen molar-refractivity contribution in [2.75, 3.05) is 20.1 Å². The number of hydrogen-bond acceptors (Lipinski definition) is 5. The normalized spacial score (nSPS) is 10.9. The Bertz CT molecular complexity index is 760. The van der Waals surface area contributed by atoms with E-state index in [1.165, 1.54) is 16.9 Å². The fraction of sp³-hybridized carbons (Fsp3) is 0.375. The summed E-state index contributed by atoms with van der Waals surface area (Å²) in [5.74, 6) is -0.256. The van der Waals surface area contributed by atoms with Crippen molar-refractivity contribution in [2.45, 2.75) is 13.8 Å². The predicted molar refractivity (Wildman–Crippen MR) is 97.3 cm³/mol. The van der Waals surface area contributed by atoms with Crippen molar-refractivity contribution in [2.24, 2.45) is 11.1 Å². The van der Waals surface area contributed by atoms with E-state index < -0.39 is 4.92 Å². The minimum absolute atomic E-state index is 0. The van der Waals surface area contributed by atoms with E-state index in [1.807, 2.05) is 13.8 Å². The van der Waals surface area contributed by atoms with E-state index in [-0.39, 0.29) is 35.1 Å². The SMILES string of the molecule is CN(CC(C)(C)CN)C(=O)c1ccn(-c2ccccc2[N+](=O)[O-])n1.Cl. The van der Waals surface area contributed by atoms with Crippen LogP contribution in [0.1, 0.15) is 24.3 Å². The lowest BCUT2D eigenvalue weighted by molar-refractivity contribution is -0.384. The highest BCUT2D eigenvalue weighted by Gasteiger charge is 2.24. The molecule has 25 heavy (non-hydrogen) atoms. The van der Waals surface area contributed by atoms with Gasteiger partial charge < -0.3 is 10.6 Å². The second-order valence-corrected chi connectivity index (χ2v) is 6.42. The van der Waals surface area contributed by atoms with Crippen molar-refractivity contribution in [3.8, 4) is 5.69 Å². The molecule has 0 fully saturated rings. The number of nitrogens with two attached hydrogens (primary N) is 1. The van der Waals surface area contributed by atoms with Gasteiger partial charge in [-0.15, -0.1) is 12.4 Å². The van der Waals surface area contributed by atoms with Crippen LogP contribution in [0.2, 0.25) is 0 Å². The number of carbonyl (C=O) groups excluding carboxylic acids is 1. The van der Waals surface area contributed by atoms with Crippen LogP contribution in [0.4, 0.5) is 5.69 Å². The third kappa shape index (κ3) is 4.77. The fourth-order valence-corrected chi connectivity index (χ4v) is 2.36. The van der Waals surface area contributed by atoms with Crippen LogP contribution in [0.3, 0.4) is 0 Å². The monoisotopic (exact) mass is 367 g/mol. The second-order valence-electron chi connectivity index (χ2n) is 6.42. The Morgan fingerprint density at radius 3 is 2.60 bits per heavy atom. The zero-order valence-electron chi connectivity index (χ0n) is 14.4. The minimum atomic E-state index is -0.478. The van der Waals surface area contributed by atoms with Gasteiger partial charge in [-0.3, -0.25) is 14.9 Å². The van der Waals surface area contributed by atoms with Gasteiger partial charge in [0.25, 0.3) is 11.6 Å². The lowest BCUT2D eigenvalue weighted by atomic mass is 9.93. The number of nitro benzene ring substituents is 1. The predicted octanol–water partition coefficient (Wildman–Crippen LogP) is 2.26. The Labute approximate surface area is 152 Å². The number of rotatable bonds is 6. The van der Waals surface area contributed by atoms with E-state index in [4.69, 9.17) is 5.73 Å². The zero-order valence-corrected chi connectivity index (χ0v) is 15.2. The Kier molecular flexibility index (Phi) is 6.66. The summed E-state index contributed by atoms with van der Waals surface area (Å²) in [6.45, 7) is 4.89. The van der Waals surface area contributed by atoms with Crippen LogP contribution >= 0.6 is 12.4 Å². The van der Waals surface area contributed by atoms with Crippen molar-refractivity contribution < 1.29 is 9.72 Å². The minimum Gasteiger partial charge on any atom is -0.340 e. The number of halogens is 1. The molecule has 1 heterocycles. The Balaban J connectivity index is 0.00000312. The molecule has 0 atom stereocenters. The van der Waals surface area contributed by atoms with Crippen LogP contribution in [0, 0.1) is 15.5 Å². The van der Waals surface area contributed by atoms with Gasteiger partial charge in [0, 0.05) is 25.9 Å². The number of nitro groups is 1. The Hall–Kier alpha value is -2.45. The largest absolute Gasteiger partial charge is 0.340 e. The molecule has 0 aliphatic rings. The highest BCUT2D eigenvalue weighted by Crippen LogP contribution is 2.22. The van der Waals surface area contributed by atoms with Crippen LogP contribution in [-0.4, -0.2) is 45.6 Å². The molecule has 2 N–H and O–H groups in total. The first-order chi connectivity index (χ1) is 11.2. The highest BCUT2D eigenvalue weighted by atomic mass is 35.5. The molecule has 0 radical (unpaired) electrons. The second kappa shape index (κ2) is 8.09. The summed E-state index contributed by atoms with van der Waals surface area (Å²) in [6, 6.07) is 7.79. The molecule has 9 heteroatoms. The quantitative estimate of drug-likeness (QED) is 0.622. The summed E-state index contributed by atoms with van der Waals surface area (Å²) < 4.78 is 1.34. The topological polar surface area (TPSA) is 107 Å². The van der Waals surface area contributed by atoms with Crippen LogP contribution < -0.4 is 5.73 Å². The maximum atomic E-state index is 12.5. The molecule has 2 rings (SSSR count). The number of benzene rings is 1. The smallest absolute Gasteiger partial charge is 0.294 e. The lowest BCUT2D eigenvalue weighted by Gasteiger charge is -2.28. The lowest BCUT2D eigenvalue weighted by Crippen LogP contribution is -2.39. The number of aromatic nitrogens is 2. The number of nitrogens with zero attached hydrogens (tertiary/aromatic N) is 4. The van der Waals surface area contributed by atoms with Gasteiger partial charge in [-0.2, -0.15) is 5.10 Å². The average molecular weight is 368 g/mol. The fourth-order valence-electron chi connectivity index (χ4n) is 2.36.